The third kappa shape index (κ3) is 4.98. The molecule has 2 aliphatic rings. The molecule has 1 aromatic rings. The van der Waals surface area contributed by atoms with E-state index in [9.17, 15) is 9.59 Å². The van der Waals surface area contributed by atoms with Gasteiger partial charge in [0.1, 0.15) is 5.70 Å². The normalized spacial score (nSPS) is 19.3. The second-order valence-electron chi connectivity index (χ2n) is 7.18. The van der Waals surface area contributed by atoms with Gasteiger partial charge in [0.15, 0.2) is 0 Å². The molecule has 7 nitrogen and oxygen atoms in total. The zero-order valence-electron chi connectivity index (χ0n) is 17.2. The first-order chi connectivity index (χ1) is 14.5. The van der Waals surface area contributed by atoms with Crippen molar-refractivity contribution in [1.82, 2.24) is 9.80 Å². The molecule has 1 aromatic carbocycles. The molecule has 1 unspecified atom stereocenters. The Morgan fingerprint density at radius 2 is 1.83 bits per heavy atom. The van der Waals surface area contributed by atoms with Crippen LogP contribution in [-0.4, -0.2) is 81.4 Å². The number of ether oxygens (including phenoxy) is 3. The smallest absolute Gasteiger partial charge is 0.277 e. The number of methoxy groups -OCH3 is 2. The van der Waals surface area contributed by atoms with Crippen LogP contribution in [0.4, 0.5) is 0 Å². The highest BCUT2D eigenvalue weighted by Gasteiger charge is 2.43. The monoisotopic (exact) mass is 456 g/mol. The van der Waals surface area contributed by atoms with E-state index in [4.69, 9.17) is 37.4 Å². The van der Waals surface area contributed by atoms with Crippen molar-refractivity contribution in [3.8, 4) is 0 Å². The van der Waals surface area contributed by atoms with Crippen molar-refractivity contribution in [3.05, 3.63) is 39.5 Å². The van der Waals surface area contributed by atoms with Gasteiger partial charge in [0.25, 0.3) is 11.8 Å². The molecule has 2 amide bonds. The van der Waals surface area contributed by atoms with Crippen molar-refractivity contribution in [3.63, 3.8) is 0 Å². The Morgan fingerprint density at radius 1 is 1.13 bits per heavy atom. The van der Waals surface area contributed by atoms with Crippen LogP contribution in [0, 0.1) is 0 Å². The topological polar surface area (TPSA) is 68.3 Å². The molecule has 1 fully saturated rings. The van der Waals surface area contributed by atoms with E-state index in [-0.39, 0.29) is 30.0 Å². The van der Waals surface area contributed by atoms with Crippen LogP contribution in [0.3, 0.4) is 0 Å². The predicted octanol–water partition coefficient (Wildman–Crippen LogP) is 2.85. The summed E-state index contributed by atoms with van der Waals surface area (Å²) < 4.78 is 16.1. The predicted molar refractivity (Wildman–Crippen MR) is 114 cm³/mol. The number of imide groups is 1. The van der Waals surface area contributed by atoms with Gasteiger partial charge in [-0.2, -0.15) is 0 Å². The number of amides is 2. The molecular weight excluding hydrogens is 431 g/mol. The molecule has 9 heteroatoms. The van der Waals surface area contributed by atoms with Crippen LogP contribution in [0.5, 0.6) is 0 Å². The number of nitrogens with zero attached hydrogens (tertiary/aromatic N) is 2. The molecule has 164 valence electrons. The summed E-state index contributed by atoms with van der Waals surface area (Å²) >= 11 is 12.5. The second kappa shape index (κ2) is 10.6. The van der Waals surface area contributed by atoms with Gasteiger partial charge in [-0.25, -0.2) is 0 Å². The van der Waals surface area contributed by atoms with Crippen LogP contribution in [0.2, 0.25) is 10.0 Å². The minimum atomic E-state index is -0.380. The summed E-state index contributed by atoms with van der Waals surface area (Å²) in [5.41, 5.74) is 1.05. The van der Waals surface area contributed by atoms with E-state index in [1.165, 1.54) is 4.90 Å². The molecule has 1 atom stereocenters. The third-order valence-corrected chi connectivity index (χ3v) is 5.75. The van der Waals surface area contributed by atoms with Crippen molar-refractivity contribution < 1.29 is 23.8 Å². The Kier molecular flexibility index (Phi) is 8.13. The quantitative estimate of drug-likeness (QED) is 0.504. The fraction of sp³-hybridized carbons (Fsp3) is 0.524. The number of hydrogen-bond acceptors (Lipinski definition) is 6. The number of carbonyl (C=O) groups excluding carboxylic acids is 2. The Balaban J connectivity index is 2.03. The Bertz CT molecular complexity index is 816. The van der Waals surface area contributed by atoms with Crippen LogP contribution in [0.25, 0.3) is 5.57 Å². The van der Waals surface area contributed by atoms with Crippen molar-refractivity contribution in [2.45, 2.75) is 18.9 Å². The molecule has 0 aliphatic carbocycles. The van der Waals surface area contributed by atoms with Gasteiger partial charge in [0, 0.05) is 44.5 Å². The maximum absolute atomic E-state index is 13.4. The van der Waals surface area contributed by atoms with E-state index in [0.29, 0.717) is 54.2 Å². The van der Waals surface area contributed by atoms with Crippen molar-refractivity contribution in [1.29, 1.82) is 0 Å². The largest absolute Gasteiger partial charge is 0.383 e. The van der Waals surface area contributed by atoms with Crippen molar-refractivity contribution in [2.24, 2.45) is 0 Å². The molecule has 0 N–H and O–H groups in total. The third-order valence-electron chi connectivity index (χ3n) is 5.20. The van der Waals surface area contributed by atoms with E-state index in [0.717, 1.165) is 12.8 Å². The molecule has 0 spiro atoms. The molecule has 2 heterocycles. The lowest BCUT2D eigenvalue weighted by Gasteiger charge is -2.26. The highest BCUT2D eigenvalue weighted by Crippen LogP contribution is 2.36. The average Bonchev–Trinajstić information content (AvgIpc) is 3.31. The zero-order chi connectivity index (χ0) is 21.7. The van der Waals surface area contributed by atoms with Crippen LogP contribution < -0.4 is 0 Å². The summed E-state index contributed by atoms with van der Waals surface area (Å²) in [6, 6.07) is 4.90. The van der Waals surface area contributed by atoms with E-state index in [2.05, 4.69) is 0 Å². The van der Waals surface area contributed by atoms with E-state index < -0.39 is 0 Å². The fourth-order valence-electron chi connectivity index (χ4n) is 3.69. The van der Waals surface area contributed by atoms with Crippen molar-refractivity contribution in [2.75, 3.05) is 53.7 Å². The first-order valence-corrected chi connectivity index (χ1v) is 10.6. The van der Waals surface area contributed by atoms with Gasteiger partial charge >= 0.3 is 0 Å². The van der Waals surface area contributed by atoms with Gasteiger partial charge in [-0.3, -0.25) is 14.5 Å². The summed E-state index contributed by atoms with van der Waals surface area (Å²) in [4.78, 5) is 29.9. The first kappa shape index (κ1) is 23.0. The number of hydrogen-bond donors (Lipinski definition) is 0. The summed E-state index contributed by atoms with van der Waals surface area (Å²) in [7, 11) is 3.18. The van der Waals surface area contributed by atoms with Gasteiger partial charge in [-0.15, -0.1) is 0 Å². The Hall–Kier alpha value is -1.64. The summed E-state index contributed by atoms with van der Waals surface area (Å²) in [6.45, 7) is 2.50. The number of benzene rings is 1. The van der Waals surface area contributed by atoms with Gasteiger partial charge in [0.2, 0.25) is 0 Å². The van der Waals surface area contributed by atoms with E-state index in [1.54, 1.807) is 32.4 Å². The molecular formula is C21H26Cl2N2O5. The molecule has 2 aliphatic heterocycles. The molecule has 0 radical (unpaired) electrons. The number of halogens is 2. The lowest BCUT2D eigenvalue weighted by atomic mass is 10.0. The number of carbonyl (C=O) groups is 2. The average molecular weight is 457 g/mol. The molecule has 30 heavy (non-hydrogen) atoms. The maximum Gasteiger partial charge on any atom is 0.277 e. The number of rotatable bonds is 10. The summed E-state index contributed by atoms with van der Waals surface area (Å²) in [6.07, 6.45) is 1.59. The second-order valence-corrected chi connectivity index (χ2v) is 8.02. The van der Waals surface area contributed by atoms with Crippen molar-refractivity contribution >= 4 is 40.6 Å². The molecule has 3 rings (SSSR count). The lowest BCUT2D eigenvalue weighted by molar-refractivity contribution is -0.139. The standard InChI is InChI=1S/C21H26Cl2N2O5/c1-28-10-7-24(8-11-29-2)19-18(16-6-5-14(22)12-17(16)23)20(26)25(21(19)27)13-15-4-3-9-30-15/h5-6,12,15H,3-4,7-11,13H2,1-2H3. The maximum atomic E-state index is 13.4. The van der Waals surface area contributed by atoms with Gasteiger partial charge in [0.05, 0.1) is 36.5 Å². The van der Waals surface area contributed by atoms with Gasteiger partial charge < -0.3 is 19.1 Å². The van der Waals surface area contributed by atoms with E-state index >= 15 is 0 Å². The van der Waals surface area contributed by atoms with Crippen LogP contribution in [0.1, 0.15) is 18.4 Å². The molecule has 0 saturated carbocycles. The van der Waals surface area contributed by atoms with Gasteiger partial charge in [-0.1, -0.05) is 29.3 Å². The minimum Gasteiger partial charge on any atom is -0.383 e. The highest BCUT2D eigenvalue weighted by molar-refractivity contribution is 6.41. The molecule has 0 bridgehead atoms. The van der Waals surface area contributed by atoms with Gasteiger partial charge in [-0.05, 0) is 25.0 Å². The molecule has 1 saturated heterocycles. The first-order valence-electron chi connectivity index (χ1n) is 9.88. The van der Waals surface area contributed by atoms with Crippen LogP contribution in [0.15, 0.2) is 23.9 Å². The minimum absolute atomic E-state index is 0.148. The Labute approximate surface area is 186 Å². The SMILES string of the molecule is COCCN(CCOC)C1=C(c2ccc(Cl)cc2Cl)C(=O)N(CC2CCCO2)C1=O. The lowest BCUT2D eigenvalue weighted by Crippen LogP contribution is -2.41. The van der Waals surface area contributed by atoms with Crippen LogP contribution >= 0.6 is 23.2 Å². The summed E-state index contributed by atoms with van der Waals surface area (Å²) in [5.74, 6) is -0.738. The van der Waals surface area contributed by atoms with E-state index in [1.807, 2.05) is 4.90 Å². The van der Waals surface area contributed by atoms with Crippen LogP contribution in [-0.2, 0) is 23.8 Å². The Morgan fingerprint density at radius 3 is 2.40 bits per heavy atom. The molecule has 0 aromatic heterocycles. The fourth-order valence-corrected chi connectivity index (χ4v) is 4.19. The summed E-state index contributed by atoms with van der Waals surface area (Å²) in [5, 5.41) is 0.767. The highest BCUT2D eigenvalue weighted by atomic mass is 35.5. The zero-order valence-corrected chi connectivity index (χ0v) is 18.7.